The molecule has 4 nitrogen and oxygen atoms in total. The van der Waals surface area contributed by atoms with Crippen LogP contribution < -0.4 is 0 Å². The molecule has 1 aromatic heterocycles. The first-order chi connectivity index (χ1) is 10.1. The summed E-state index contributed by atoms with van der Waals surface area (Å²) >= 11 is 0. The predicted octanol–water partition coefficient (Wildman–Crippen LogP) is 3.23. The molecular formula is C17H18N2O2. The zero-order chi connectivity index (χ0) is 15.0. The summed E-state index contributed by atoms with van der Waals surface area (Å²) in [4.78, 5) is 5.27. The van der Waals surface area contributed by atoms with Crippen LogP contribution in [0.2, 0.25) is 0 Å². The van der Waals surface area contributed by atoms with Crippen molar-refractivity contribution in [3.8, 4) is 11.5 Å². The monoisotopic (exact) mass is 282 g/mol. The lowest BCUT2D eigenvalue weighted by Crippen LogP contribution is -2.21. The van der Waals surface area contributed by atoms with E-state index in [0.717, 1.165) is 16.5 Å². The third kappa shape index (κ3) is 2.23. The highest BCUT2D eigenvalue weighted by atomic mass is 16.3. The van der Waals surface area contributed by atoms with Gasteiger partial charge in [0.2, 0.25) is 0 Å². The number of hydrogen-bond acceptors (Lipinski definition) is 3. The largest absolute Gasteiger partial charge is 0.504 e. The highest BCUT2D eigenvalue weighted by Crippen LogP contribution is 2.39. The number of hydrogen-bond donors (Lipinski definition) is 3. The van der Waals surface area contributed by atoms with Crippen LogP contribution in [-0.4, -0.2) is 34.2 Å². The standard InChI is InChI=1S/C17H18N2O2/c1-19(2)16(12-7-5-9-15(20)17(12)21)13-10-18-14-8-4-3-6-11(13)14/h3-10,16,18,20-21H,1-2H3. The van der Waals surface area contributed by atoms with Crippen molar-refractivity contribution in [2.24, 2.45) is 0 Å². The summed E-state index contributed by atoms with van der Waals surface area (Å²) in [6.45, 7) is 0. The van der Waals surface area contributed by atoms with Crippen molar-refractivity contribution in [1.29, 1.82) is 0 Å². The normalized spacial score (nSPS) is 12.9. The number of fused-ring (bicyclic) bond motifs is 1. The second-order valence-corrected chi connectivity index (χ2v) is 5.37. The Morgan fingerprint density at radius 3 is 2.48 bits per heavy atom. The van der Waals surface area contributed by atoms with Gasteiger partial charge < -0.3 is 15.2 Å². The molecule has 0 spiro atoms. The molecule has 0 aliphatic heterocycles. The lowest BCUT2D eigenvalue weighted by molar-refractivity contribution is 0.326. The third-order valence-electron chi connectivity index (χ3n) is 3.77. The molecule has 3 N–H and O–H groups in total. The van der Waals surface area contributed by atoms with Crippen LogP contribution in [0.1, 0.15) is 17.2 Å². The molecule has 0 radical (unpaired) electrons. The van der Waals surface area contributed by atoms with Crippen LogP contribution in [0.5, 0.6) is 11.5 Å². The summed E-state index contributed by atoms with van der Waals surface area (Å²) in [6, 6.07) is 13.0. The van der Waals surface area contributed by atoms with Gasteiger partial charge in [-0.15, -0.1) is 0 Å². The predicted molar refractivity (Wildman–Crippen MR) is 83.6 cm³/mol. The first-order valence-electron chi connectivity index (χ1n) is 6.83. The van der Waals surface area contributed by atoms with Crippen LogP contribution in [0.15, 0.2) is 48.7 Å². The fourth-order valence-electron chi connectivity index (χ4n) is 2.81. The molecule has 0 fully saturated rings. The van der Waals surface area contributed by atoms with Crippen molar-refractivity contribution in [2.75, 3.05) is 14.1 Å². The van der Waals surface area contributed by atoms with Gasteiger partial charge in [0.15, 0.2) is 11.5 Å². The van der Waals surface area contributed by atoms with Gasteiger partial charge in [0.05, 0.1) is 6.04 Å². The van der Waals surface area contributed by atoms with Crippen molar-refractivity contribution in [3.63, 3.8) is 0 Å². The average Bonchev–Trinajstić information content (AvgIpc) is 2.88. The van der Waals surface area contributed by atoms with E-state index in [1.165, 1.54) is 6.07 Å². The summed E-state index contributed by atoms with van der Waals surface area (Å²) in [5, 5.41) is 21.1. The molecule has 2 aromatic carbocycles. The Balaban J connectivity index is 2.21. The number of phenolic OH excluding ortho intramolecular Hbond substituents is 2. The number of aromatic nitrogens is 1. The maximum Gasteiger partial charge on any atom is 0.162 e. The quantitative estimate of drug-likeness (QED) is 0.646. The second kappa shape index (κ2) is 5.14. The molecule has 1 unspecified atom stereocenters. The molecule has 3 aromatic rings. The van der Waals surface area contributed by atoms with Gasteiger partial charge in [-0.1, -0.05) is 30.3 Å². The number of benzene rings is 2. The summed E-state index contributed by atoms with van der Waals surface area (Å²) < 4.78 is 0. The van der Waals surface area contributed by atoms with Crippen LogP contribution in [-0.2, 0) is 0 Å². The van der Waals surface area contributed by atoms with Crippen LogP contribution in [0.3, 0.4) is 0 Å². The minimum Gasteiger partial charge on any atom is -0.504 e. The SMILES string of the molecule is CN(C)C(c1cccc(O)c1O)c1c[nH]c2ccccc12. The van der Waals surface area contributed by atoms with E-state index in [9.17, 15) is 10.2 Å². The molecule has 0 saturated heterocycles. The van der Waals surface area contributed by atoms with E-state index in [4.69, 9.17) is 0 Å². The number of phenols is 2. The smallest absolute Gasteiger partial charge is 0.162 e. The number of aromatic amines is 1. The third-order valence-corrected chi connectivity index (χ3v) is 3.77. The molecule has 0 amide bonds. The number of H-pyrrole nitrogens is 1. The highest BCUT2D eigenvalue weighted by Gasteiger charge is 2.23. The summed E-state index contributed by atoms with van der Waals surface area (Å²) in [7, 11) is 3.91. The summed E-state index contributed by atoms with van der Waals surface area (Å²) in [5.74, 6) is -0.166. The zero-order valence-corrected chi connectivity index (χ0v) is 12.0. The molecule has 3 rings (SSSR count). The van der Waals surface area contributed by atoms with E-state index >= 15 is 0 Å². The minimum atomic E-state index is -0.145. The Kier molecular flexibility index (Phi) is 3.31. The molecule has 21 heavy (non-hydrogen) atoms. The Hall–Kier alpha value is -2.46. The number of rotatable bonds is 3. The van der Waals surface area contributed by atoms with Gasteiger partial charge in [0, 0.05) is 22.7 Å². The Bertz CT molecular complexity index is 777. The lowest BCUT2D eigenvalue weighted by Gasteiger charge is -2.25. The van der Waals surface area contributed by atoms with Crippen LogP contribution >= 0.6 is 0 Å². The van der Waals surface area contributed by atoms with Crippen molar-refractivity contribution >= 4 is 10.9 Å². The maximum atomic E-state index is 10.2. The van der Waals surface area contributed by atoms with Crippen molar-refractivity contribution in [1.82, 2.24) is 9.88 Å². The molecule has 108 valence electrons. The van der Waals surface area contributed by atoms with Crippen molar-refractivity contribution in [2.45, 2.75) is 6.04 Å². The van der Waals surface area contributed by atoms with E-state index in [0.29, 0.717) is 5.56 Å². The lowest BCUT2D eigenvalue weighted by atomic mass is 9.96. The number of aromatic hydroxyl groups is 2. The van der Waals surface area contributed by atoms with Crippen LogP contribution in [0.4, 0.5) is 0 Å². The second-order valence-electron chi connectivity index (χ2n) is 5.37. The number of nitrogens with one attached hydrogen (secondary N) is 1. The van der Waals surface area contributed by atoms with Gasteiger partial charge >= 0.3 is 0 Å². The first kappa shape index (κ1) is 13.5. The summed E-state index contributed by atoms with van der Waals surface area (Å²) in [6.07, 6.45) is 1.96. The average molecular weight is 282 g/mol. The summed E-state index contributed by atoms with van der Waals surface area (Å²) in [5.41, 5.74) is 2.81. The van der Waals surface area contributed by atoms with E-state index in [2.05, 4.69) is 11.1 Å². The molecule has 1 atom stereocenters. The first-order valence-corrected chi connectivity index (χ1v) is 6.83. The Labute approximate surface area is 123 Å². The number of para-hydroxylation sites is 2. The van der Waals surface area contributed by atoms with Crippen molar-refractivity contribution < 1.29 is 10.2 Å². The fraction of sp³-hybridized carbons (Fsp3) is 0.176. The molecule has 0 saturated carbocycles. The topological polar surface area (TPSA) is 59.5 Å². The van der Waals surface area contributed by atoms with Gasteiger partial charge in [0.25, 0.3) is 0 Å². The van der Waals surface area contributed by atoms with E-state index in [1.807, 2.05) is 49.5 Å². The van der Waals surface area contributed by atoms with Gasteiger partial charge in [0.1, 0.15) is 0 Å². The minimum absolute atomic E-state index is 0.0681. The molecule has 0 aliphatic rings. The highest BCUT2D eigenvalue weighted by molar-refractivity contribution is 5.84. The fourth-order valence-corrected chi connectivity index (χ4v) is 2.81. The number of nitrogens with zero attached hydrogens (tertiary/aromatic N) is 1. The van der Waals surface area contributed by atoms with E-state index < -0.39 is 0 Å². The van der Waals surface area contributed by atoms with Gasteiger partial charge in [-0.2, -0.15) is 0 Å². The Morgan fingerprint density at radius 2 is 1.71 bits per heavy atom. The van der Waals surface area contributed by atoms with E-state index in [1.54, 1.807) is 6.07 Å². The van der Waals surface area contributed by atoms with E-state index in [-0.39, 0.29) is 17.5 Å². The molecular weight excluding hydrogens is 264 g/mol. The molecule has 4 heteroatoms. The zero-order valence-electron chi connectivity index (χ0n) is 12.0. The molecule has 0 bridgehead atoms. The maximum absolute atomic E-state index is 10.2. The molecule has 0 aliphatic carbocycles. The van der Waals surface area contributed by atoms with Gasteiger partial charge in [-0.3, -0.25) is 4.90 Å². The van der Waals surface area contributed by atoms with Gasteiger partial charge in [-0.05, 0) is 31.8 Å². The molecule has 1 heterocycles. The van der Waals surface area contributed by atoms with Crippen LogP contribution in [0.25, 0.3) is 10.9 Å². The van der Waals surface area contributed by atoms with Crippen LogP contribution in [0, 0.1) is 0 Å². The van der Waals surface area contributed by atoms with Gasteiger partial charge in [-0.25, -0.2) is 0 Å². The van der Waals surface area contributed by atoms with Crippen molar-refractivity contribution in [3.05, 3.63) is 59.8 Å². The Morgan fingerprint density at radius 1 is 0.952 bits per heavy atom.